The molecule has 1 heterocycles. The van der Waals surface area contributed by atoms with Crippen molar-refractivity contribution in [3.63, 3.8) is 0 Å². The topological polar surface area (TPSA) is 40.6 Å². The Hall–Kier alpha value is -1.81. The molecule has 0 saturated carbocycles. The maximum Gasteiger partial charge on any atom is 0.267 e. The molecule has 4 nitrogen and oxygen atoms in total. The van der Waals surface area contributed by atoms with Crippen molar-refractivity contribution >= 4 is 35.2 Å². The van der Waals surface area contributed by atoms with Crippen LogP contribution in [-0.4, -0.2) is 31.3 Å². The molecule has 0 radical (unpaired) electrons. The lowest BCUT2D eigenvalue weighted by molar-refractivity contribution is -0.117. The minimum atomic E-state index is -0.328. The number of amides is 2. The van der Waals surface area contributed by atoms with Crippen LogP contribution in [0.5, 0.6) is 0 Å². The molecular weight excluding hydrogens is 240 g/mol. The van der Waals surface area contributed by atoms with Gasteiger partial charge in [-0.25, -0.2) is 4.90 Å². The first-order valence-corrected chi connectivity index (χ1v) is 5.39. The third-order valence-corrected chi connectivity index (χ3v) is 2.69. The first-order chi connectivity index (χ1) is 8.04. The highest BCUT2D eigenvalue weighted by molar-refractivity contribution is 6.38. The molecule has 0 spiro atoms. The molecule has 1 aromatic carbocycles. The summed E-state index contributed by atoms with van der Waals surface area (Å²) in [4.78, 5) is 25.8. The summed E-state index contributed by atoms with van der Waals surface area (Å²) < 4.78 is 0. The van der Waals surface area contributed by atoms with Gasteiger partial charge in [0.25, 0.3) is 5.91 Å². The number of fused-ring (bicyclic) bond motifs is 1. The second-order valence-electron chi connectivity index (χ2n) is 3.95. The van der Waals surface area contributed by atoms with Crippen molar-refractivity contribution in [2.24, 2.45) is 0 Å². The van der Waals surface area contributed by atoms with Gasteiger partial charge in [0.05, 0.1) is 11.3 Å². The lowest BCUT2D eigenvalue weighted by atomic mass is 10.1. The van der Waals surface area contributed by atoms with E-state index in [0.29, 0.717) is 22.7 Å². The molecule has 0 aromatic heterocycles. The third kappa shape index (κ3) is 1.91. The molecule has 0 unspecified atom stereocenters. The molecule has 88 valence electrons. The molecule has 0 aliphatic carbocycles. The van der Waals surface area contributed by atoms with Crippen LogP contribution >= 0.6 is 11.6 Å². The van der Waals surface area contributed by atoms with E-state index in [1.165, 1.54) is 0 Å². The molecule has 1 aromatic rings. The SMILES string of the molecule is CN(C)/C=C1/C(=O)N(C=O)c2cc(Cl)ccc21. The van der Waals surface area contributed by atoms with Crippen LogP contribution < -0.4 is 4.90 Å². The van der Waals surface area contributed by atoms with Crippen molar-refractivity contribution in [2.75, 3.05) is 19.0 Å². The molecule has 0 N–H and O–H groups in total. The first kappa shape index (κ1) is 11.7. The highest BCUT2D eigenvalue weighted by Gasteiger charge is 2.32. The Balaban J connectivity index is 2.62. The number of hydrogen-bond acceptors (Lipinski definition) is 3. The Morgan fingerprint density at radius 2 is 2.06 bits per heavy atom. The Morgan fingerprint density at radius 3 is 2.65 bits per heavy atom. The van der Waals surface area contributed by atoms with Gasteiger partial charge < -0.3 is 4.90 Å². The highest BCUT2D eigenvalue weighted by atomic mass is 35.5. The zero-order chi connectivity index (χ0) is 12.6. The second kappa shape index (κ2) is 4.22. The standard InChI is InChI=1S/C12H11ClN2O2/c1-14(2)6-10-9-4-3-8(13)5-11(9)15(7-16)12(10)17/h3-7H,1-2H3/b10-6+. The minimum Gasteiger partial charge on any atom is -0.383 e. The fraction of sp³-hybridized carbons (Fsp3) is 0.167. The van der Waals surface area contributed by atoms with Crippen LogP contribution in [0.25, 0.3) is 5.57 Å². The van der Waals surface area contributed by atoms with Gasteiger partial charge in [-0.3, -0.25) is 9.59 Å². The Bertz CT molecular complexity index is 523. The number of carbonyl (C=O) groups excluding carboxylic acids is 2. The van der Waals surface area contributed by atoms with Crippen molar-refractivity contribution in [1.82, 2.24) is 4.90 Å². The quantitative estimate of drug-likeness (QED) is 0.593. The molecule has 2 amide bonds. The zero-order valence-corrected chi connectivity index (χ0v) is 10.2. The van der Waals surface area contributed by atoms with E-state index in [-0.39, 0.29) is 5.91 Å². The largest absolute Gasteiger partial charge is 0.383 e. The van der Waals surface area contributed by atoms with E-state index in [9.17, 15) is 9.59 Å². The van der Waals surface area contributed by atoms with Crippen LogP contribution in [0.3, 0.4) is 0 Å². The molecule has 17 heavy (non-hydrogen) atoms. The fourth-order valence-electron chi connectivity index (χ4n) is 1.77. The summed E-state index contributed by atoms with van der Waals surface area (Å²) >= 11 is 5.86. The van der Waals surface area contributed by atoms with Crippen LogP contribution in [0, 0.1) is 0 Å². The second-order valence-corrected chi connectivity index (χ2v) is 4.38. The summed E-state index contributed by atoms with van der Waals surface area (Å²) in [7, 11) is 3.64. The van der Waals surface area contributed by atoms with Crippen molar-refractivity contribution in [1.29, 1.82) is 0 Å². The van der Waals surface area contributed by atoms with Gasteiger partial charge in [-0.1, -0.05) is 17.7 Å². The highest BCUT2D eigenvalue weighted by Crippen LogP contribution is 2.37. The van der Waals surface area contributed by atoms with Crippen molar-refractivity contribution in [3.8, 4) is 0 Å². The van der Waals surface area contributed by atoms with E-state index in [2.05, 4.69) is 0 Å². The lowest BCUT2D eigenvalue weighted by Gasteiger charge is -2.07. The van der Waals surface area contributed by atoms with Crippen molar-refractivity contribution in [2.45, 2.75) is 0 Å². The van der Waals surface area contributed by atoms with Crippen LogP contribution in [0.1, 0.15) is 5.56 Å². The predicted molar refractivity (Wildman–Crippen MR) is 66.7 cm³/mol. The molecule has 0 atom stereocenters. The van der Waals surface area contributed by atoms with Crippen LogP contribution in [0.15, 0.2) is 24.4 Å². The third-order valence-electron chi connectivity index (χ3n) is 2.45. The number of rotatable bonds is 2. The predicted octanol–water partition coefficient (Wildman–Crippen LogP) is 1.75. The van der Waals surface area contributed by atoms with Gasteiger partial charge in [0.15, 0.2) is 0 Å². The van der Waals surface area contributed by atoms with Crippen LogP contribution in [0.4, 0.5) is 5.69 Å². The van der Waals surface area contributed by atoms with Gasteiger partial charge in [0.1, 0.15) is 0 Å². The molecule has 5 heteroatoms. The van der Waals surface area contributed by atoms with E-state index in [4.69, 9.17) is 11.6 Å². The fourth-order valence-corrected chi connectivity index (χ4v) is 1.94. The maximum atomic E-state index is 12.0. The monoisotopic (exact) mass is 250 g/mol. The average Bonchev–Trinajstić information content (AvgIpc) is 2.50. The molecule has 0 saturated heterocycles. The summed E-state index contributed by atoms with van der Waals surface area (Å²) in [5.74, 6) is -0.328. The van der Waals surface area contributed by atoms with Crippen molar-refractivity contribution in [3.05, 3.63) is 35.0 Å². The molecule has 1 aliphatic rings. The van der Waals surface area contributed by atoms with Gasteiger partial charge in [0.2, 0.25) is 6.41 Å². The summed E-state index contributed by atoms with van der Waals surface area (Å²) in [6, 6.07) is 5.06. The number of carbonyl (C=O) groups is 2. The summed E-state index contributed by atoms with van der Waals surface area (Å²) in [6.07, 6.45) is 2.20. The number of nitrogens with zero attached hydrogens (tertiary/aromatic N) is 2. The Labute approximate surface area is 104 Å². The summed E-state index contributed by atoms with van der Waals surface area (Å²) in [5.41, 5.74) is 1.75. The number of hydrogen-bond donors (Lipinski definition) is 0. The number of imide groups is 1. The Kier molecular flexibility index (Phi) is 2.90. The summed E-state index contributed by atoms with van der Waals surface area (Å²) in [5, 5.41) is 0.495. The van der Waals surface area contributed by atoms with E-state index < -0.39 is 0 Å². The molecule has 2 rings (SSSR count). The number of halogens is 1. The molecule has 0 bridgehead atoms. The smallest absolute Gasteiger partial charge is 0.267 e. The van der Waals surface area contributed by atoms with Gasteiger partial charge >= 0.3 is 0 Å². The first-order valence-electron chi connectivity index (χ1n) is 5.01. The molecular formula is C12H11ClN2O2. The Morgan fingerprint density at radius 1 is 1.35 bits per heavy atom. The van der Waals surface area contributed by atoms with E-state index in [0.717, 1.165) is 10.5 Å². The average molecular weight is 251 g/mol. The van der Waals surface area contributed by atoms with Gasteiger partial charge in [-0.15, -0.1) is 0 Å². The zero-order valence-electron chi connectivity index (χ0n) is 9.48. The van der Waals surface area contributed by atoms with E-state index in [1.807, 2.05) is 14.1 Å². The van der Waals surface area contributed by atoms with E-state index >= 15 is 0 Å². The lowest BCUT2D eigenvalue weighted by Crippen LogP contribution is -2.24. The number of benzene rings is 1. The summed E-state index contributed by atoms with van der Waals surface area (Å²) in [6.45, 7) is 0. The maximum absolute atomic E-state index is 12.0. The van der Waals surface area contributed by atoms with Crippen LogP contribution in [0.2, 0.25) is 5.02 Å². The normalized spacial score (nSPS) is 16.3. The minimum absolute atomic E-state index is 0.328. The van der Waals surface area contributed by atoms with Gasteiger partial charge in [-0.05, 0) is 12.1 Å². The van der Waals surface area contributed by atoms with E-state index in [1.54, 1.807) is 29.3 Å². The van der Waals surface area contributed by atoms with Gasteiger partial charge in [-0.2, -0.15) is 0 Å². The molecule has 0 fully saturated rings. The molecule has 1 aliphatic heterocycles. The number of anilines is 1. The van der Waals surface area contributed by atoms with Gasteiger partial charge in [0, 0.05) is 30.9 Å². The van der Waals surface area contributed by atoms with Crippen molar-refractivity contribution < 1.29 is 9.59 Å². The van der Waals surface area contributed by atoms with Crippen LogP contribution in [-0.2, 0) is 9.59 Å².